The molecule has 1 N–H and O–H groups in total. The first-order valence-corrected chi connectivity index (χ1v) is 9.32. The molecule has 26 heavy (non-hydrogen) atoms. The third-order valence-corrected chi connectivity index (χ3v) is 5.37. The van der Waals surface area contributed by atoms with Gasteiger partial charge in [-0.1, -0.05) is 0 Å². The van der Waals surface area contributed by atoms with Gasteiger partial charge in [0.1, 0.15) is 17.4 Å². The minimum absolute atomic E-state index is 0.0605. The third kappa shape index (κ3) is 2.86. The van der Waals surface area contributed by atoms with Crippen LogP contribution in [-0.2, 0) is 4.79 Å². The summed E-state index contributed by atoms with van der Waals surface area (Å²) in [7, 11) is 0. The number of likely N-dealkylation sites (tertiary alicyclic amines) is 1. The zero-order valence-electron chi connectivity index (χ0n) is 15.4. The Labute approximate surface area is 153 Å². The number of nitrogens with one attached hydrogen (secondary N) is 1. The summed E-state index contributed by atoms with van der Waals surface area (Å²) in [6, 6.07) is 3.49. The van der Waals surface area contributed by atoms with E-state index in [1.807, 2.05) is 41.5 Å². The summed E-state index contributed by atoms with van der Waals surface area (Å²) in [5.41, 5.74) is 3.13. The Kier molecular flexibility index (Phi) is 4.40. The quantitative estimate of drug-likeness (QED) is 0.872. The Morgan fingerprint density at radius 1 is 1.19 bits per heavy atom. The fourth-order valence-electron chi connectivity index (χ4n) is 3.97. The standard InChI is InChI=1S/C19H25N5O2/c1-13-5-9-24-16(11-13)21-14(2)17(24)19(26)23-10-6-20-12-15(23)18(25)22-7-3-4-8-22/h5,9,11,15,20H,3-4,6-8,10,12H2,1-2H3/t15-/m0/s1. The summed E-state index contributed by atoms with van der Waals surface area (Å²) in [5.74, 6) is -0.0525. The van der Waals surface area contributed by atoms with Crippen molar-refractivity contribution in [2.75, 3.05) is 32.7 Å². The summed E-state index contributed by atoms with van der Waals surface area (Å²) >= 11 is 0. The van der Waals surface area contributed by atoms with Crippen molar-refractivity contribution in [2.24, 2.45) is 0 Å². The van der Waals surface area contributed by atoms with Gasteiger partial charge >= 0.3 is 0 Å². The van der Waals surface area contributed by atoms with Crippen molar-refractivity contribution >= 4 is 17.5 Å². The number of fused-ring (bicyclic) bond motifs is 1. The maximum absolute atomic E-state index is 13.4. The normalized spacial score (nSPS) is 20.8. The molecule has 7 nitrogen and oxygen atoms in total. The zero-order chi connectivity index (χ0) is 18.3. The second kappa shape index (κ2) is 6.72. The number of pyridine rings is 1. The Morgan fingerprint density at radius 2 is 1.96 bits per heavy atom. The molecule has 138 valence electrons. The second-order valence-electron chi connectivity index (χ2n) is 7.23. The van der Waals surface area contributed by atoms with Crippen LogP contribution in [-0.4, -0.2) is 69.8 Å². The molecule has 0 spiro atoms. The summed E-state index contributed by atoms with van der Waals surface area (Å²) in [6.07, 6.45) is 3.98. The first-order valence-electron chi connectivity index (χ1n) is 9.32. The molecular formula is C19H25N5O2. The lowest BCUT2D eigenvalue weighted by atomic mass is 10.1. The van der Waals surface area contributed by atoms with E-state index in [0.717, 1.165) is 37.1 Å². The molecule has 0 unspecified atom stereocenters. The molecule has 4 rings (SSSR count). The molecule has 1 atom stereocenters. The number of aromatic nitrogens is 2. The summed E-state index contributed by atoms with van der Waals surface area (Å²) in [4.78, 5) is 34.5. The molecule has 2 amide bonds. The predicted molar refractivity (Wildman–Crippen MR) is 98.2 cm³/mol. The lowest BCUT2D eigenvalue weighted by molar-refractivity contribution is -0.135. The lowest BCUT2D eigenvalue weighted by Crippen LogP contribution is -2.60. The van der Waals surface area contributed by atoms with Crippen LogP contribution in [0.5, 0.6) is 0 Å². The van der Waals surface area contributed by atoms with Gasteiger partial charge in [0.15, 0.2) is 0 Å². The number of carbonyl (C=O) groups is 2. The van der Waals surface area contributed by atoms with E-state index in [1.54, 1.807) is 4.90 Å². The van der Waals surface area contributed by atoms with Crippen LogP contribution in [0.1, 0.15) is 34.6 Å². The number of piperazine rings is 1. The van der Waals surface area contributed by atoms with Gasteiger partial charge < -0.3 is 15.1 Å². The van der Waals surface area contributed by atoms with E-state index in [2.05, 4.69) is 10.3 Å². The van der Waals surface area contributed by atoms with Crippen LogP contribution in [0.15, 0.2) is 18.3 Å². The fraction of sp³-hybridized carbons (Fsp3) is 0.526. The van der Waals surface area contributed by atoms with Crippen molar-refractivity contribution in [3.8, 4) is 0 Å². The van der Waals surface area contributed by atoms with Gasteiger partial charge in [-0.3, -0.25) is 14.0 Å². The first kappa shape index (κ1) is 17.0. The van der Waals surface area contributed by atoms with Crippen molar-refractivity contribution in [2.45, 2.75) is 32.7 Å². The van der Waals surface area contributed by atoms with Crippen LogP contribution in [0.3, 0.4) is 0 Å². The number of rotatable bonds is 2. The topological polar surface area (TPSA) is 70.0 Å². The van der Waals surface area contributed by atoms with Gasteiger partial charge in [0.2, 0.25) is 5.91 Å². The largest absolute Gasteiger partial charge is 0.341 e. The molecular weight excluding hydrogens is 330 g/mol. The number of hydrogen-bond donors (Lipinski definition) is 1. The highest BCUT2D eigenvalue weighted by molar-refractivity contribution is 5.98. The Bertz CT molecular complexity index is 853. The molecule has 2 aliphatic rings. The average Bonchev–Trinajstić information content (AvgIpc) is 3.27. The average molecular weight is 355 g/mol. The van der Waals surface area contributed by atoms with Crippen LogP contribution in [0.2, 0.25) is 0 Å². The number of nitrogens with zero attached hydrogens (tertiary/aromatic N) is 4. The fourth-order valence-corrected chi connectivity index (χ4v) is 3.97. The molecule has 0 aromatic carbocycles. The molecule has 0 saturated carbocycles. The van der Waals surface area contributed by atoms with Crippen molar-refractivity contribution in [1.82, 2.24) is 24.5 Å². The maximum atomic E-state index is 13.4. The van der Waals surface area contributed by atoms with E-state index in [1.165, 1.54) is 0 Å². The Morgan fingerprint density at radius 3 is 2.73 bits per heavy atom. The van der Waals surface area contributed by atoms with E-state index in [0.29, 0.717) is 31.0 Å². The highest BCUT2D eigenvalue weighted by Gasteiger charge is 2.37. The van der Waals surface area contributed by atoms with Gasteiger partial charge in [-0.2, -0.15) is 0 Å². The minimum Gasteiger partial charge on any atom is -0.341 e. The number of amides is 2. The van der Waals surface area contributed by atoms with Crippen molar-refractivity contribution in [3.63, 3.8) is 0 Å². The van der Waals surface area contributed by atoms with Crippen LogP contribution < -0.4 is 5.32 Å². The third-order valence-electron chi connectivity index (χ3n) is 5.37. The van der Waals surface area contributed by atoms with Crippen molar-refractivity contribution < 1.29 is 9.59 Å². The summed E-state index contributed by atoms with van der Waals surface area (Å²) < 4.78 is 1.84. The smallest absolute Gasteiger partial charge is 0.273 e. The molecule has 2 aromatic heterocycles. The monoisotopic (exact) mass is 355 g/mol. The van der Waals surface area contributed by atoms with Crippen LogP contribution in [0, 0.1) is 13.8 Å². The molecule has 2 fully saturated rings. The molecule has 0 radical (unpaired) electrons. The van der Waals surface area contributed by atoms with E-state index in [4.69, 9.17) is 0 Å². The van der Waals surface area contributed by atoms with E-state index in [-0.39, 0.29) is 11.8 Å². The number of aryl methyl sites for hydroxylation is 2. The van der Waals surface area contributed by atoms with Crippen LogP contribution in [0.25, 0.3) is 5.65 Å². The van der Waals surface area contributed by atoms with Crippen LogP contribution >= 0.6 is 0 Å². The van der Waals surface area contributed by atoms with Gasteiger partial charge in [-0.25, -0.2) is 4.98 Å². The molecule has 2 saturated heterocycles. The van der Waals surface area contributed by atoms with E-state index >= 15 is 0 Å². The highest BCUT2D eigenvalue weighted by Crippen LogP contribution is 2.20. The summed E-state index contributed by atoms with van der Waals surface area (Å²) in [5, 5.41) is 3.26. The van der Waals surface area contributed by atoms with Gasteiger partial charge in [0, 0.05) is 38.9 Å². The number of carbonyl (C=O) groups excluding carboxylic acids is 2. The predicted octanol–water partition coefficient (Wildman–Crippen LogP) is 0.988. The Balaban J connectivity index is 1.67. The van der Waals surface area contributed by atoms with Gasteiger partial charge in [-0.15, -0.1) is 0 Å². The highest BCUT2D eigenvalue weighted by atomic mass is 16.2. The molecule has 2 aliphatic heterocycles. The lowest BCUT2D eigenvalue weighted by Gasteiger charge is -2.37. The maximum Gasteiger partial charge on any atom is 0.273 e. The van der Waals surface area contributed by atoms with E-state index < -0.39 is 6.04 Å². The van der Waals surface area contributed by atoms with Crippen LogP contribution in [0.4, 0.5) is 0 Å². The SMILES string of the molecule is Cc1ccn2c(C(=O)N3CCNC[C@H]3C(=O)N3CCCC3)c(C)nc2c1. The number of hydrogen-bond acceptors (Lipinski definition) is 4. The minimum atomic E-state index is -0.440. The zero-order valence-corrected chi connectivity index (χ0v) is 15.4. The van der Waals surface area contributed by atoms with Gasteiger partial charge in [0.05, 0.1) is 5.69 Å². The number of imidazole rings is 1. The van der Waals surface area contributed by atoms with Crippen molar-refractivity contribution in [3.05, 3.63) is 35.3 Å². The molecule has 4 heterocycles. The van der Waals surface area contributed by atoms with Crippen molar-refractivity contribution in [1.29, 1.82) is 0 Å². The molecule has 0 aliphatic carbocycles. The molecule has 7 heteroatoms. The van der Waals surface area contributed by atoms with E-state index in [9.17, 15) is 9.59 Å². The first-order chi connectivity index (χ1) is 12.6. The van der Waals surface area contributed by atoms with Gasteiger partial charge in [0.25, 0.3) is 5.91 Å². The van der Waals surface area contributed by atoms with Gasteiger partial charge in [-0.05, 0) is 44.4 Å². The molecule has 2 aromatic rings. The Hall–Kier alpha value is -2.41. The molecule has 0 bridgehead atoms. The second-order valence-corrected chi connectivity index (χ2v) is 7.23. The summed E-state index contributed by atoms with van der Waals surface area (Å²) in [6.45, 7) is 7.19.